The zero-order valence-corrected chi connectivity index (χ0v) is 12.2. The van der Waals surface area contributed by atoms with Crippen molar-refractivity contribution < 1.29 is 4.74 Å². The number of benzene rings is 1. The molecular formula is C15H22ClNO. The van der Waals surface area contributed by atoms with E-state index in [4.69, 9.17) is 22.1 Å². The van der Waals surface area contributed by atoms with E-state index in [0.29, 0.717) is 12.5 Å². The number of halogens is 1. The van der Waals surface area contributed by atoms with Crippen molar-refractivity contribution in [2.75, 3.05) is 13.7 Å². The molecule has 0 bridgehead atoms. The Kier molecular flexibility index (Phi) is 3.88. The van der Waals surface area contributed by atoms with Gasteiger partial charge in [0, 0.05) is 22.5 Å². The minimum Gasteiger partial charge on any atom is -0.496 e. The van der Waals surface area contributed by atoms with Gasteiger partial charge in [-0.05, 0) is 36.5 Å². The van der Waals surface area contributed by atoms with Crippen LogP contribution < -0.4 is 10.5 Å². The molecular weight excluding hydrogens is 246 g/mol. The first kappa shape index (κ1) is 13.7. The van der Waals surface area contributed by atoms with Gasteiger partial charge in [-0.3, -0.25) is 0 Å². The number of rotatable bonds is 4. The third-order valence-electron chi connectivity index (χ3n) is 4.18. The Labute approximate surface area is 114 Å². The third kappa shape index (κ3) is 2.12. The molecule has 2 nitrogen and oxygen atoms in total. The fourth-order valence-corrected chi connectivity index (χ4v) is 3.08. The van der Waals surface area contributed by atoms with Crippen molar-refractivity contribution in [1.29, 1.82) is 0 Å². The van der Waals surface area contributed by atoms with Gasteiger partial charge < -0.3 is 10.5 Å². The van der Waals surface area contributed by atoms with E-state index in [9.17, 15) is 0 Å². The molecule has 0 unspecified atom stereocenters. The van der Waals surface area contributed by atoms with Crippen molar-refractivity contribution in [2.24, 2.45) is 5.73 Å². The van der Waals surface area contributed by atoms with Gasteiger partial charge in [0.1, 0.15) is 5.75 Å². The Balaban J connectivity index is 2.58. The summed E-state index contributed by atoms with van der Waals surface area (Å²) in [4.78, 5) is 0. The lowest BCUT2D eigenvalue weighted by molar-refractivity contribution is 0.242. The number of ether oxygens (including phenoxy) is 1. The van der Waals surface area contributed by atoms with Gasteiger partial charge in [-0.25, -0.2) is 0 Å². The summed E-state index contributed by atoms with van der Waals surface area (Å²) in [5.74, 6) is 1.38. The highest BCUT2D eigenvalue weighted by atomic mass is 35.5. The monoisotopic (exact) mass is 267 g/mol. The molecule has 0 aromatic heterocycles. The van der Waals surface area contributed by atoms with E-state index in [-0.39, 0.29) is 5.41 Å². The second-order valence-electron chi connectivity index (χ2n) is 5.57. The molecule has 1 aromatic rings. The van der Waals surface area contributed by atoms with Crippen LogP contribution in [0.2, 0.25) is 5.02 Å². The van der Waals surface area contributed by atoms with Gasteiger partial charge in [-0.2, -0.15) is 0 Å². The Morgan fingerprint density at radius 2 is 2.06 bits per heavy atom. The Morgan fingerprint density at radius 1 is 1.39 bits per heavy atom. The van der Waals surface area contributed by atoms with Crippen molar-refractivity contribution in [2.45, 2.75) is 44.4 Å². The summed E-state index contributed by atoms with van der Waals surface area (Å²) in [6.07, 6.45) is 3.51. The van der Waals surface area contributed by atoms with E-state index in [0.717, 1.165) is 23.6 Å². The molecule has 100 valence electrons. The lowest BCUT2D eigenvalue weighted by Crippen LogP contribution is -2.42. The van der Waals surface area contributed by atoms with Gasteiger partial charge in [-0.1, -0.05) is 31.9 Å². The highest BCUT2D eigenvalue weighted by molar-refractivity contribution is 6.30. The molecule has 0 atom stereocenters. The molecule has 2 N–H and O–H groups in total. The predicted molar refractivity (Wildman–Crippen MR) is 76.7 cm³/mol. The van der Waals surface area contributed by atoms with Gasteiger partial charge in [0.05, 0.1) is 7.11 Å². The minimum atomic E-state index is 0.0832. The molecule has 2 rings (SSSR count). The topological polar surface area (TPSA) is 35.2 Å². The fourth-order valence-electron chi connectivity index (χ4n) is 2.85. The van der Waals surface area contributed by atoms with Gasteiger partial charge in [-0.15, -0.1) is 0 Å². The minimum absolute atomic E-state index is 0.0832. The average molecular weight is 268 g/mol. The number of methoxy groups -OCH3 is 1. The molecule has 0 aliphatic heterocycles. The van der Waals surface area contributed by atoms with Gasteiger partial charge in [0.25, 0.3) is 0 Å². The van der Waals surface area contributed by atoms with Crippen molar-refractivity contribution in [3.63, 3.8) is 0 Å². The Bertz CT molecular complexity index is 433. The Morgan fingerprint density at radius 3 is 2.44 bits per heavy atom. The molecule has 3 heteroatoms. The van der Waals surface area contributed by atoms with Crippen LogP contribution in [0.3, 0.4) is 0 Å². The molecule has 0 spiro atoms. The van der Waals surface area contributed by atoms with Crippen LogP contribution in [-0.4, -0.2) is 13.7 Å². The highest BCUT2D eigenvalue weighted by Crippen LogP contribution is 2.49. The van der Waals surface area contributed by atoms with Crippen molar-refractivity contribution in [3.8, 4) is 5.75 Å². The smallest absolute Gasteiger partial charge is 0.126 e. The van der Waals surface area contributed by atoms with E-state index in [1.807, 2.05) is 12.1 Å². The van der Waals surface area contributed by atoms with Crippen LogP contribution in [0.1, 0.15) is 50.2 Å². The van der Waals surface area contributed by atoms with E-state index < -0.39 is 0 Å². The van der Waals surface area contributed by atoms with Crippen LogP contribution in [0.15, 0.2) is 12.1 Å². The summed E-state index contributed by atoms with van der Waals surface area (Å²) in [7, 11) is 1.74. The number of nitrogens with two attached hydrogens (primary N) is 1. The maximum absolute atomic E-state index is 6.27. The predicted octanol–water partition coefficient (Wildman–Crippen LogP) is 3.85. The van der Waals surface area contributed by atoms with Crippen LogP contribution in [0.5, 0.6) is 5.75 Å². The van der Waals surface area contributed by atoms with E-state index in [2.05, 4.69) is 13.8 Å². The molecule has 1 fully saturated rings. The lowest BCUT2D eigenvalue weighted by Gasteiger charge is -2.42. The maximum Gasteiger partial charge on any atom is 0.126 e. The summed E-state index contributed by atoms with van der Waals surface area (Å²) in [6, 6.07) is 4.05. The van der Waals surface area contributed by atoms with Gasteiger partial charge >= 0.3 is 0 Å². The summed E-state index contributed by atoms with van der Waals surface area (Å²) >= 11 is 6.27. The molecule has 1 aliphatic carbocycles. The van der Waals surface area contributed by atoms with Crippen LogP contribution in [0, 0.1) is 0 Å². The molecule has 0 amide bonds. The first-order chi connectivity index (χ1) is 8.54. The average Bonchev–Trinajstić information content (AvgIpc) is 2.27. The number of hydrogen-bond donors (Lipinski definition) is 1. The van der Waals surface area contributed by atoms with Crippen molar-refractivity contribution in [1.82, 2.24) is 0 Å². The largest absolute Gasteiger partial charge is 0.496 e. The lowest BCUT2D eigenvalue weighted by atomic mass is 9.64. The van der Waals surface area contributed by atoms with Gasteiger partial charge in [0.15, 0.2) is 0 Å². The fraction of sp³-hybridized carbons (Fsp3) is 0.600. The zero-order chi connectivity index (χ0) is 13.3. The van der Waals surface area contributed by atoms with Crippen LogP contribution in [0.4, 0.5) is 0 Å². The molecule has 1 aliphatic rings. The van der Waals surface area contributed by atoms with Gasteiger partial charge in [0.2, 0.25) is 0 Å². The summed E-state index contributed by atoms with van der Waals surface area (Å²) < 4.78 is 5.66. The standard InChI is InChI=1S/C15H22ClNO/c1-10(2)12-7-11(16)8-13(14(12)18-3)15(9-17)5-4-6-15/h7-8,10H,4-6,9,17H2,1-3H3. The first-order valence-electron chi connectivity index (χ1n) is 6.62. The Hall–Kier alpha value is -0.730. The molecule has 1 saturated carbocycles. The van der Waals surface area contributed by atoms with Crippen molar-refractivity contribution in [3.05, 3.63) is 28.3 Å². The number of hydrogen-bond acceptors (Lipinski definition) is 2. The summed E-state index contributed by atoms with van der Waals surface area (Å²) in [6.45, 7) is 4.99. The van der Waals surface area contributed by atoms with Crippen molar-refractivity contribution >= 4 is 11.6 Å². The molecule has 0 saturated heterocycles. The second kappa shape index (κ2) is 5.10. The SMILES string of the molecule is COc1c(C(C)C)cc(Cl)cc1C1(CN)CCC1. The summed E-state index contributed by atoms with van der Waals surface area (Å²) in [5.41, 5.74) is 8.47. The second-order valence-corrected chi connectivity index (χ2v) is 6.00. The van der Waals surface area contributed by atoms with Crippen LogP contribution in [-0.2, 0) is 5.41 Å². The molecule has 1 aromatic carbocycles. The zero-order valence-electron chi connectivity index (χ0n) is 11.4. The highest BCUT2D eigenvalue weighted by Gasteiger charge is 2.40. The normalized spacial score (nSPS) is 17.7. The maximum atomic E-state index is 6.27. The first-order valence-corrected chi connectivity index (χ1v) is 7.00. The summed E-state index contributed by atoms with van der Waals surface area (Å²) in [5, 5.41) is 0.786. The van der Waals surface area contributed by atoms with Crippen LogP contribution in [0.25, 0.3) is 0 Å². The quantitative estimate of drug-likeness (QED) is 0.899. The van der Waals surface area contributed by atoms with E-state index in [1.54, 1.807) is 7.11 Å². The van der Waals surface area contributed by atoms with E-state index in [1.165, 1.54) is 17.5 Å². The third-order valence-corrected chi connectivity index (χ3v) is 4.40. The molecule has 18 heavy (non-hydrogen) atoms. The molecule has 0 radical (unpaired) electrons. The van der Waals surface area contributed by atoms with Crippen LogP contribution >= 0.6 is 11.6 Å². The molecule has 0 heterocycles. The van der Waals surface area contributed by atoms with E-state index >= 15 is 0 Å².